The second kappa shape index (κ2) is 9.48. The van der Waals surface area contributed by atoms with Gasteiger partial charge in [0.15, 0.2) is 17.3 Å². The number of allylic oxidation sites excluding steroid dienone is 2. The molecular formula is C24H26O6. The van der Waals surface area contributed by atoms with Gasteiger partial charge >= 0.3 is 5.97 Å². The third-order valence-electron chi connectivity index (χ3n) is 5.30. The average Bonchev–Trinajstić information content (AvgIpc) is 2.77. The molecule has 1 aliphatic rings. The highest BCUT2D eigenvalue weighted by Crippen LogP contribution is 2.46. The third-order valence-corrected chi connectivity index (χ3v) is 5.30. The standard InChI is InChI=1S/C24H26O6/c1-5-30-24(26)22-19(18-7-6-8-21(28-3)23(18)29-4)13-16(14-20(22)25)15-9-11-17(27-2)12-10-15/h6-12,14,19,22H,5,13H2,1-4H3/t19-,22-/m0/s1. The van der Waals surface area contributed by atoms with Gasteiger partial charge in [0, 0.05) is 11.5 Å². The van der Waals surface area contributed by atoms with Gasteiger partial charge in [-0.15, -0.1) is 0 Å². The van der Waals surface area contributed by atoms with Gasteiger partial charge in [-0.2, -0.15) is 0 Å². The van der Waals surface area contributed by atoms with E-state index in [1.165, 1.54) is 0 Å². The van der Waals surface area contributed by atoms with Crippen LogP contribution in [0.5, 0.6) is 17.2 Å². The van der Waals surface area contributed by atoms with E-state index >= 15 is 0 Å². The second-order valence-corrected chi connectivity index (χ2v) is 6.92. The number of methoxy groups -OCH3 is 3. The number of ketones is 1. The van der Waals surface area contributed by atoms with Crippen molar-refractivity contribution in [2.45, 2.75) is 19.3 Å². The van der Waals surface area contributed by atoms with Crippen LogP contribution >= 0.6 is 0 Å². The summed E-state index contributed by atoms with van der Waals surface area (Å²) < 4.78 is 21.5. The summed E-state index contributed by atoms with van der Waals surface area (Å²) in [5.41, 5.74) is 2.48. The minimum Gasteiger partial charge on any atom is -0.497 e. The maximum atomic E-state index is 13.1. The first-order chi connectivity index (χ1) is 14.5. The van der Waals surface area contributed by atoms with Crippen molar-refractivity contribution in [2.24, 2.45) is 5.92 Å². The summed E-state index contributed by atoms with van der Waals surface area (Å²) in [7, 11) is 4.71. The molecule has 0 unspecified atom stereocenters. The number of carbonyl (C=O) groups excluding carboxylic acids is 2. The maximum absolute atomic E-state index is 13.1. The van der Waals surface area contributed by atoms with Crippen molar-refractivity contribution in [3.63, 3.8) is 0 Å². The number of benzene rings is 2. The molecule has 0 saturated carbocycles. The van der Waals surface area contributed by atoms with Crippen molar-refractivity contribution in [1.82, 2.24) is 0 Å². The first-order valence-corrected chi connectivity index (χ1v) is 9.80. The number of hydrogen-bond acceptors (Lipinski definition) is 6. The first-order valence-electron chi connectivity index (χ1n) is 9.80. The molecule has 0 fully saturated rings. The molecule has 0 amide bonds. The first kappa shape index (κ1) is 21.4. The smallest absolute Gasteiger partial charge is 0.317 e. The molecule has 2 aromatic rings. The highest BCUT2D eigenvalue weighted by molar-refractivity contribution is 6.10. The summed E-state index contributed by atoms with van der Waals surface area (Å²) >= 11 is 0. The summed E-state index contributed by atoms with van der Waals surface area (Å²) in [5, 5.41) is 0. The van der Waals surface area contributed by atoms with E-state index in [9.17, 15) is 9.59 Å². The van der Waals surface area contributed by atoms with Crippen molar-refractivity contribution >= 4 is 17.3 Å². The van der Waals surface area contributed by atoms with Crippen molar-refractivity contribution in [2.75, 3.05) is 27.9 Å². The Hall–Kier alpha value is -3.28. The van der Waals surface area contributed by atoms with Gasteiger partial charge in [0.1, 0.15) is 11.7 Å². The van der Waals surface area contributed by atoms with E-state index in [2.05, 4.69) is 0 Å². The van der Waals surface area contributed by atoms with Crippen molar-refractivity contribution in [1.29, 1.82) is 0 Å². The number of para-hydroxylation sites is 1. The largest absolute Gasteiger partial charge is 0.497 e. The van der Waals surface area contributed by atoms with Crippen LogP contribution in [0.3, 0.4) is 0 Å². The molecule has 6 heteroatoms. The Kier molecular flexibility index (Phi) is 6.77. The lowest BCUT2D eigenvalue weighted by atomic mass is 9.73. The number of esters is 1. The van der Waals surface area contributed by atoms with Crippen molar-refractivity contribution < 1.29 is 28.5 Å². The Labute approximate surface area is 176 Å². The quantitative estimate of drug-likeness (QED) is 0.507. The van der Waals surface area contributed by atoms with Crippen LogP contribution in [0.15, 0.2) is 48.5 Å². The third kappa shape index (κ3) is 4.17. The summed E-state index contributed by atoms with van der Waals surface area (Å²) in [5.74, 6) is -0.384. The van der Waals surface area contributed by atoms with E-state index < -0.39 is 17.8 Å². The number of ether oxygens (including phenoxy) is 4. The van der Waals surface area contributed by atoms with Gasteiger partial charge in [-0.25, -0.2) is 0 Å². The van der Waals surface area contributed by atoms with Crippen LogP contribution in [0.25, 0.3) is 5.57 Å². The lowest BCUT2D eigenvalue weighted by Gasteiger charge is -2.30. The molecule has 158 valence electrons. The fourth-order valence-corrected chi connectivity index (χ4v) is 3.89. The Morgan fingerprint density at radius 2 is 1.73 bits per heavy atom. The van der Waals surface area contributed by atoms with Gasteiger partial charge in [-0.3, -0.25) is 9.59 Å². The molecule has 1 aliphatic carbocycles. The minimum absolute atomic E-state index is 0.208. The normalized spacial score (nSPS) is 18.4. The molecule has 0 spiro atoms. The Bertz CT molecular complexity index is 945. The zero-order chi connectivity index (χ0) is 21.7. The van der Waals surface area contributed by atoms with Crippen LogP contribution in [0.4, 0.5) is 0 Å². The Morgan fingerprint density at radius 3 is 2.33 bits per heavy atom. The molecule has 0 radical (unpaired) electrons. The zero-order valence-corrected chi connectivity index (χ0v) is 17.6. The minimum atomic E-state index is -0.937. The molecule has 0 aliphatic heterocycles. The van der Waals surface area contributed by atoms with Crippen molar-refractivity contribution in [3.8, 4) is 17.2 Å². The van der Waals surface area contributed by atoms with E-state index in [-0.39, 0.29) is 12.4 Å². The Balaban J connectivity index is 2.09. The predicted molar refractivity (Wildman–Crippen MR) is 113 cm³/mol. The van der Waals surface area contributed by atoms with Crippen LogP contribution in [0.2, 0.25) is 0 Å². The van der Waals surface area contributed by atoms with E-state index in [1.807, 2.05) is 36.4 Å². The molecule has 2 atom stereocenters. The predicted octanol–water partition coefficient (Wildman–Crippen LogP) is 4.03. The molecule has 3 rings (SSSR count). The van der Waals surface area contributed by atoms with Crippen LogP contribution < -0.4 is 14.2 Å². The van der Waals surface area contributed by atoms with E-state index in [0.29, 0.717) is 17.9 Å². The van der Waals surface area contributed by atoms with E-state index in [0.717, 1.165) is 22.4 Å². The zero-order valence-electron chi connectivity index (χ0n) is 17.6. The van der Waals surface area contributed by atoms with Crippen LogP contribution in [-0.4, -0.2) is 39.7 Å². The van der Waals surface area contributed by atoms with Gasteiger partial charge in [0.05, 0.1) is 27.9 Å². The lowest BCUT2D eigenvalue weighted by molar-refractivity contribution is -0.151. The average molecular weight is 410 g/mol. The monoisotopic (exact) mass is 410 g/mol. The maximum Gasteiger partial charge on any atom is 0.317 e. The summed E-state index contributed by atoms with van der Waals surface area (Å²) in [6.45, 7) is 1.94. The second-order valence-electron chi connectivity index (χ2n) is 6.92. The number of hydrogen-bond donors (Lipinski definition) is 0. The molecule has 0 heterocycles. The molecule has 2 aromatic carbocycles. The summed E-state index contributed by atoms with van der Waals surface area (Å²) in [6.07, 6.45) is 2.03. The molecule has 0 aromatic heterocycles. The topological polar surface area (TPSA) is 71.1 Å². The SMILES string of the molecule is CCOC(=O)[C@@H]1C(=O)C=C(c2ccc(OC)cc2)C[C@H]1c1cccc(OC)c1OC. The van der Waals surface area contributed by atoms with Crippen LogP contribution in [0, 0.1) is 5.92 Å². The molecule has 30 heavy (non-hydrogen) atoms. The van der Waals surface area contributed by atoms with Gasteiger partial charge in [-0.1, -0.05) is 24.3 Å². The fraction of sp³-hybridized carbons (Fsp3) is 0.333. The number of rotatable bonds is 7. The summed E-state index contributed by atoms with van der Waals surface area (Å²) in [6, 6.07) is 13.0. The highest BCUT2D eigenvalue weighted by atomic mass is 16.5. The lowest BCUT2D eigenvalue weighted by Crippen LogP contribution is -2.34. The van der Waals surface area contributed by atoms with E-state index in [1.54, 1.807) is 40.4 Å². The van der Waals surface area contributed by atoms with Gasteiger partial charge < -0.3 is 18.9 Å². The number of carbonyl (C=O) groups is 2. The van der Waals surface area contributed by atoms with Gasteiger partial charge in [0.25, 0.3) is 0 Å². The highest BCUT2D eigenvalue weighted by Gasteiger charge is 2.41. The molecule has 0 saturated heterocycles. The molecular weight excluding hydrogens is 384 g/mol. The van der Waals surface area contributed by atoms with Crippen LogP contribution in [0.1, 0.15) is 30.4 Å². The van der Waals surface area contributed by atoms with Crippen molar-refractivity contribution in [3.05, 3.63) is 59.7 Å². The van der Waals surface area contributed by atoms with Gasteiger partial charge in [0.2, 0.25) is 0 Å². The summed E-state index contributed by atoms with van der Waals surface area (Å²) in [4.78, 5) is 25.8. The molecule has 0 bridgehead atoms. The van der Waals surface area contributed by atoms with E-state index in [4.69, 9.17) is 18.9 Å². The fourth-order valence-electron chi connectivity index (χ4n) is 3.89. The van der Waals surface area contributed by atoms with Gasteiger partial charge in [-0.05, 0) is 48.8 Å². The van der Waals surface area contributed by atoms with Crippen LogP contribution in [-0.2, 0) is 14.3 Å². The Morgan fingerprint density at radius 1 is 1.00 bits per heavy atom. The molecule has 0 N–H and O–H groups in total. The molecule has 6 nitrogen and oxygen atoms in total.